The number of carbonyl (C=O) groups is 1. The van der Waals surface area contributed by atoms with Crippen LogP contribution in [0.1, 0.15) is 64.0 Å². The Morgan fingerprint density at radius 2 is 1.95 bits per heavy atom. The molecule has 2 aromatic rings. The van der Waals surface area contributed by atoms with Crippen molar-refractivity contribution in [2.75, 3.05) is 24.3 Å². The van der Waals surface area contributed by atoms with Crippen LogP contribution in [0, 0.1) is 34.5 Å². The molecule has 2 heterocycles. The number of carbonyl (C=O) groups excluding carboxylic acids is 1. The SMILES string of the molecule is COc1ncccc1CNc1ncc(C#N)c(NCC23CC4C[C@H](C2)C(NC(=O)OC(C)(C)C)[C@@H](C4)C3)n1. The van der Waals surface area contributed by atoms with E-state index in [4.69, 9.17) is 9.47 Å². The first-order valence-corrected chi connectivity index (χ1v) is 13.4. The predicted octanol–water partition coefficient (Wildman–Crippen LogP) is 4.50. The normalized spacial score (nSPS) is 27.3. The van der Waals surface area contributed by atoms with E-state index in [-0.39, 0.29) is 17.6 Å². The summed E-state index contributed by atoms with van der Waals surface area (Å²) in [5.41, 5.74) is 0.940. The zero-order valence-corrected chi connectivity index (χ0v) is 22.6. The van der Waals surface area contributed by atoms with E-state index in [2.05, 4.69) is 37.0 Å². The van der Waals surface area contributed by atoms with Gasteiger partial charge in [0.1, 0.15) is 23.1 Å². The maximum absolute atomic E-state index is 12.5. The molecule has 4 aliphatic carbocycles. The summed E-state index contributed by atoms with van der Waals surface area (Å²) in [5, 5.41) is 19.6. The van der Waals surface area contributed by atoms with Gasteiger partial charge in [-0.25, -0.2) is 14.8 Å². The predicted molar refractivity (Wildman–Crippen MR) is 142 cm³/mol. The summed E-state index contributed by atoms with van der Waals surface area (Å²) in [6, 6.07) is 6.17. The van der Waals surface area contributed by atoms with Crippen molar-refractivity contribution in [3.8, 4) is 11.9 Å². The largest absolute Gasteiger partial charge is 0.481 e. The van der Waals surface area contributed by atoms with Gasteiger partial charge in [0.05, 0.1) is 13.3 Å². The van der Waals surface area contributed by atoms with Gasteiger partial charge in [0.15, 0.2) is 0 Å². The van der Waals surface area contributed by atoms with Crippen LogP contribution in [0.4, 0.5) is 16.6 Å². The third-order valence-electron chi connectivity index (χ3n) is 8.10. The second-order valence-electron chi connectivity index (χ2n) is 12.1. The van der Waals surface area contributed by atoms with Crippen LogP contribution in [0.3, 0.4) is 0 Å². The maximum atomic E-state index is 12.5. The number of amides is 1. The Hall–Kier alpha value is -3.61. The molecule has 4 bridgehead atoms. The number of ether oxygens (including phenoxy) is 2. The van der Waals surface area contributed by atoms with Crippen LogP contribution in [0.2, 0.25) is 0 Å². The quantitative estimate of drug-likeness (QED) is 0.461. The monoisotopic (exact) mass is 519 g/mol. The number of aromatic nitrogens is 3. The summed E-state index contributed by atoms with van der Waals surface area (Å²) in [6.45, 7) is 6.87. The van der Waals surface area contributed by atoms with Gasteiger partial charge in [0, 0.05) is 30.9 Å². The second-order valence-corrected chi connectivity index (χ2v) is 12.1. The number of hydrogen-bond acceptors (Lipinski definition) is 9. The Labute approximate surface area is 223 Å². The molecule has 1 amide bonds. The molecular weight excluding hydrogens is 482 g/mol. The van der Waals surface area contributed by atoms with Crippen LogP contribution < -0.4 is 20.7 Å². The Morgan fingerprint density at radius 1 is 1.18 bits per heavy atom. The molecule has 0 spiro atoms. The molecule has 0 saturated heterocycles. The first-order chi connectivity index (χ1) is 18.2. The summed E-state index contributed by atoms with van der Waals surface area (Å²) < 4.78 is 10.9. The number of nitrogens with one attached hydrogen (secondary N) is 3. The molecule has 2 aromatic heterocycles. The van der Waals surface area contributed by atoms with Gasteiger partial charge in [-0.05, 0) is 82.1 Å². The fourth-order valence-corrected chi connectivity index (χ4v) is 6.96. The lowest BCUT2D eigenvalue weighted by atomic mass is 9.48. The molecule has 0 aliphatic heterocycles. The van der Waals surface area contributed by atoms with Crippen molar-refractivity contribution in [3.63, 3.8) is 0 Å². The highest BCUT2D eigenvalue weighted by atomic mass is 16.6. The Balaban J connectivity index is 1.24. The molecule has 10 heteroatoms. The highest BCUT2D eigenvalue weighted by Crippen LogP contribution is 2.60. The topological polar surface area (TPSA) is 134 Å². The van der Waals surface area contributed by atoms with E-state index >= 15 is 0 Å². The lowest BCUT2D eigenvalue weighted by molar-refractivity contribution is -0.0703. The number of methoxy groups -OCH3 is 1. The number of hydrogen-bond donors (Lipinski definition) is 3. The summed E-state index contributed by atoms with van der Waals surface area (Å²) in [6.07, 6.45) is 8.50. The second kappa shape index (κ2) is 10.3. The minimum atomic E-state index is -0.505. The van der Waals surface area contributed by atoms with Gasteiger partial charge >= 0.3 is 6.09 Å². The fourth-order valence-electron chi connectivity index (χ4n) is 6.96. The van der Waals surface area contributed by atoms with Crippen molar-refractivity contribution in [2.45, 2.75) is 71.1 Å². The summed E-state index contributed by atoms with van der Waals surface area (Å²) in [5.74, 6) is 3.10. The first kappa shape index (κ1) is 26.0. The first-order valence-electron chi connectivity index (χ1n) is 13.4. The molecule has 3 N–H and O–H groups in total. The number of alkyl carbamates (subject to hydrolysis) is 1. The Morgan fingerprint density at radius 3 is 2.63 bits per heavy atom. The minimum Gasteiger partial charge on any atom is -0.481 e. The molecule has 5 atom stereocenters. The lowest BCUT2D eigenvalue weighted by Gasteiger charge is -2.60. The van der Waals surface area contributed by atoms with Crippen molar-refractivity contribution in [3.05, 3.63) is 35.7 Å². The van der Waals surface area contributed by atoms with Crippen LogP contribution in [0.15, 0.2) is 24.5 Å². The number of anilines is 2. The summed E-state index contributed by atoms with van der Waals surface area (Å²) >= 11 is 0. The standard InChI is InChI=1S/C28H37N7O3/c1-27(2,3)38-26(36)34-22-19-8-17-9-20(22)12-28(10-17,11-19)16-33-23-21(13-29)15-32-25(35-23)31-14-18-6-5-7-30-24(18)37-4/h5-7,15,17,19-20,22H,8-12,14,16H2,1-4H3,(H,34,36)(H2,31,32,33,35)/t17?,19-,20+,22?,28?. The number of nitrogens with zero attached hydrogens (tertiary/aromatic N) is 4. The molecule has 202 valence electrons. The molecule has 4 aliphatic rings. The van der Waals surface area contributed by atoms with E-state index < -0.39 is 5.60 Å². The highest BCUT2D eigenvalue weighted by Gasteiger charge is 2.55. The van der Waals surface area contributed by atoms with Gasteiger partial charge in [-0.15, -0.1) is 0 Å². The Bertz CT molecular complexity index is 1210. The molecule has 0 aromatic carbocycles. The van der Waals surface area contributed by atoms with Crippen molar-refractivity contribution in [1.82, 2.24) is 20.3 Å². The number of nitriles is 1. The maximum Gasteiger partial charge on any atom is 0.407 e. The van der Waals surface area contributed by atoms with E-state index in [9.17, 15) is 10.1 Å². The van der Waals surface area contributed by atoms with Crippen molar-refractivity contribution >= 4 is 17.9 Å². The molecular formula is C28H37N7O3. The van der Waals surface area contributed by atoms with Gasteiger partial charge in [-0.2, -0.15) is 10.2 Å². The van der Waals surface area contributed by atoms with Gasteiger partial charge in [0.2, 0.25) is 11.8 Å². The van der Waals surface area contributed by atoms with Gasteiger partial charge in [-0.1, -0.05) is 6.07 Å². The molecule has 4 saturated carbocycles. The van der Waals surface area contributed by atoms with E-state index in [1.807, 2.05) is 32.9 Å². The van der Waals surface area contributed by atoms with E-state index in [0.717, 1.165) is 37.8 Å². The van der Waals surface area contributed by atoms with E-state index in [0.29, 0.717) is 47.5 Å². The zero-order chi connectivity index (χ0) is 26.9. The minimum absolute atomic E-state index is 0.136. The highest BCUT2D eigenvalue weighted by molar-refractivity contribution is 5.68. The molecule has 0 radical (unpaired) electrons. The average molecular weight is 520 g/mol. The summed E-state index contributed by atoms with van der Waals surface area (Å²) in [4.78, 5) is 25.7. The molecule has 4 fully saturated rings. The lowest BCUT2D eigenvalue weighted by Crippen LogP contribution is -2.60. The van der Waals surface area contributed by atoms with Gasteiger partial charge < -0.3 is 25.4 Å². The fraction of sp³-hybridized carbons (Fsp3) is 0.607. The van der Waals surface area contributed by atoms with Crippen LogP contribution in [-0.2, 0) is 11.3 Å². The third-order valence-corrected chi connectivity index (χ3v) is 8.10. The number of pyridine rings is 1. The van der Waals surface area contributed by atoms with Crippen LogP contribution >= 0.6 is 0 Å². The zero-order valence-electron chi connectivity index (χ0n) is 22.6. The van der Waals surface area contributed by atoms with E-state index in [1.54, 1.807) is 19.5 Å². The Kier molecular flexibility index (Phi) is 7.03. The van der Waals surface area contributed by atoms with Gasteiger partial charge in [-0.3, -0.25) is 0 Å². The van der Waals surface area contributed by atoms with Crippen LogP contribution in [0.25, 0.3) is 0 Å². The van der Waals surface area contributed by atoms with Gasteiger partial charge in [0.25, 0.3) is 0 Å². The molecule has 3 unspecified atom stereocenters. The summed E-state index contributed by atoms with van der Waals surface area (Å²) in [7, 11) is 1.59. The smallest absolute Gasteiger partial charge is 0.407 e. The van der Waals surface area contributed by atoms with Crippen molar-refractivity contribution in [2.24, 2.45) is 23.2 Å². The van der Waals surface area contributed by atoms with Crippen LogP contribution in [-0.4, -0.2) is 46.3 Å². The third kappa shape index (κ3) is 5.62. The van der Waals surface area contributed by atoms with Crippen LogP contribution in [0.5, 0.6) is 5.88 Å². The van der Waals surface area contributed by atoms with E-state index in [1.165, 1.54) is 6.42 Å². The average Bonchev–Trinajstić information content (AvgIpc) is 2.87. The molecule has 38 heavy (non-hydrogen) atoms. The van der Waals surface area contributed by atoms with Crippen molar-refractivity contribution in [1.29, 1.82) is 5.26 Å². The number of rotatable bonds is 8. The molecule has 6 rings (SSSR count). The van der Waals surface area contributed by atoms with Crippen molar-refractivity contribution < 1.29 is 14.3 Å². The molecule has 10 nitrogen and oxygen atoms in total.